The lowest BCUT2D eigenvalue weighted by Gasteiger charge is -2.43. The molecule has 0 atom stereocenters. The van der Waals surface area contributed by atoms with Crippen molar-refractivity contribution in [3.63, 3.8) is 0 Å². The van der Waals surface area contributed by atoms with Crippen molar-refractivity contribution in [1.29, 1.82) is 0 Å². The Bertz CT molecular complexity index is 1340. The number of nitrogens with zero attached hydrogens (tertiary/aromatic N) is 3. The molecule has 2 aliphatic heterocycles. The number of sulfonamides is 1. The molecule has 0 aliphatic carbocycles. The van der Waals surface area contributed by atoms with Gasteiger partial charge >= 0.3 is 5.69 Å². The van der Waals surface area contributed by atoms with Crippen LogP contribution in [0, 0.1) is 0 Å². The lowest BCUT2D eigenvalue weighted by atomic mass is 9.83. The second-order valence-electron chi connectivity index (χ2n) is 8.86. The minimum atomic E-state index is -3.43. The third-order valence-corrected chi connectivity index (χ3v) is 8.01. The first-order valence-electron chi connectivity index (χ1n) is 10.9. The number of hydrogen-bond donors (Lipinski definition) is 1. The van der Waals surface area contributed by atoms with Gasteiger partial charge in [0.1, 0.15) is 11.4 Å². The molecule has 0 bridgehead atoms. The molecule has 1 aromatic carbocycles. The third kappa shape index (κ3) is 5.23. The second kappa shape index (κ2) is 9.23. The van der Waals surface area contributed by atoms with Crippen molar-refractivity contribution in [1.82, 2.24) is 13.4 Å². The van der Waals surface area contributed by atoms with Crippen LogP contribution in [-0.4, -0.2) is 58.3 Å². The number of anilines is 1. The first-order valence-corrected chi connectivity index (χ1v) is 13.8. The number of nitrogens with one attached hydrogen (secondary N) is 1. The van der Waals surface area contributed by atoms with E-state index in [0.29, 0.717) is 42.0 Å². The number of rotatable bonds is 6. The smallest absolute Gasteiger partial charge is 0.330 e. The highest BCUT2D eigenvalue weighted by Crippen LogP contribution is 2.41. The Morgan fingerprint density at radius 2 is 1.79 bits per heavy atom. The Morgan fingerprint density at radius 3 is 2.47 bits per heavy atom. The van der Waals surface area contributed by atoms with E-state index in [2.05, 4.69) is 9.03 Å². The molecule has 4 rings (SSSR count). The molecule has 1 spiro atoms. The maximum atomic E-state index is 12.9. The number of Topliss-reactive ketones (excluding diaryl/α,β-unsaturated/α-hetero) is 1. The summed E-state index contributed by atoms with van der Waals surface area (Å²) < 4.78 is 36.4. The summed E-state index contributed by atoms with van der Waals surface area (Å²) >= 11 is 1.66. The normalized spacial score (nSPS) is 17.9. The van der Waals surface area contributed by atoms with Crippen molar-refractivity contribution in [3.8, 4) is 5.75 Å². The minimum absolute atomic E-state index is 0.0499. The van der Waals surface area contributed by atoms with Gasteiger partial charge in [0.25, 0.3) is 5.56 Å². The number of aromatic nitrogens is 2. The molecule has 0 unspecified atom stereocenters. The predicted octanol–water partition coefficient (Wildman–Crippen LogP) is 1.15. The van der Waals surface area contributed by atoms with Crippen molar-refractivity contribution in [2.45, 2.75) is 31.3 Å². The zero-order valence-corrected chi connectivity index (χ0v) is 21.0. The monoisotopic (exact) mass is 508 g/mol. The lowest BCUT2D eigenvalue weighted by molar-refractivity contribution is 0.00729. The van der Waals surface area contributed by atoms with Crippen LogP contribution < -0.4 is 20.7 Å². The van der Waals surface area contributed by atoms with Crippen LogP contribution in [0.3, 0.4) is 0 Å². The fourth-order valence-electron chi connectivity index (χ4n) is 4.37. The molecular formula is C22H28N4O6S2. The van der Waals surface area contributed by atoms with E-state index in [4.69, 9.17) is 4.74 Å². The summed E-state index contributed by atoms with van der Waals surface area (Å²) in [6, 6.07) is 6.28. The molecule has 34 heavy (non-hydrogen) atoms. The van der Waals surface area contributed by atoms with E-state index in [9.17, 15) is 22.8 Å². The summed E-state index contributed by atoms with van der Waals surface area (Å²) in [6.07, 6.45) is 3.31. The van der Waals surface area contributed by atoms with Gasteiger partial charge in [-0.3, -0.25) is 23.2 Å². The standard InChI is InChI=1S/C22H28N4O6S2/c1-24-16(13-20(28)25(2)21(24)29)6-11-33-26-9-7-22(8-10-26)14-18(27)17-12-15(23-34(3,30)31)4-5-19(17)32-22/h4-5,12-13,23H,6-11,14H2,1-3H3. The van der Waals surface area contributed by atoms with E-state index < -0.39 is 15.6 Å². The molecule has 1 aromatic heterocycles. The van der Waals surface area contributed by atoms with Gasteiger partial charge in [0.15, 0.2) is 5.78 Å². The minimum Gasteiger partial charge on any atom is -0.486 e. The van der Waals surface area contributed by atoms with Gasteiger partial charge in [0.2, 0.25) is 10.0 Å². The molecule has 1 N–H and O–H groups in total. The van der Waals surface area contributed by atoms with Crippen LogP contribution in [0.5, 0.6) is 5.75 Å². The van der Waals surface area contributed by atoms with E-state index in [1.165, 1.54) is 23.7 Å². The number of carbonyl (C=O) groups is 1. The number of piperidine rings is 1. The molecule has 2 aliphatic rings. The molecular weight excluding hydrogens is 480 g/mol. The van der Waals surface area contributed by atoms with Crippen molar-refractivity contribution in [3.05, 3.63) is 56.4 Å². The van der Waals surface area contributed by atoms with Crippen molar-refractivity contribution in [2.75, 3.05) is 29.8 Å². The number of fused-ring (bicyclic) bond motifs is 1. The van der Waals surface area contributed by atoms with Gasteiger partial charge in [-0.25, -0.2) is 13.2 Å². The third-order valence-electron chi connectivity index (χ3n) is 6.28. The van der Waals surface area contributed by atoms with E-state index in [0.717, 1.165) is 29.7 Å². The maximum Gasteiger partial charge on any atom is 0.330 e. The van der Waals surface area contributed by atoms with Crippen LogP contribution >= 0.6 is 11.9 Å². The van der Waals surface area contributed by atoms with Gasteiger partial charge in [-0.15, -0.1) is 0 Å². The molecule has 1 saturated heterocycles. The van der Waals surface area contributed by atoms with E-state index in [1.807, 2.05) is 0 Å². The highest BCUT2D eigenvalue weighted by Gasteiger charge is 2.43. The van der Waals surface area contributed by atoms with Crippen molar-refractivity contribution in [2.24, 2.45) is 14.1 Å². The first-order chi connectivity index (χ1) is 16.0. The zero-order chi connectivity index (χ0) is 24.7. The zero-order valence-electron chi connectivity index (χ0n) is 19.4. The second-order valence-corrected chi connectivity index (χ2v) is 11.8. The quantitative estimate of drug-likeness (QED) is 0.577. The van der Waals surface area contributed by atoms with Gasteiger partial charge in [0.05, 0.1) is 18.2 Å². The van der Waals surface area contributed by atoms with E-state index >= 15 is 0 Å². The highest BCUT2D eigenvalue weighted by atomic mass is 32.2. The molecule has 184 valence electrons. The summed E-state index contributed by atoms with van der Waals surface area (Å²) in [5.74, 6) is 1.17. The summed E-state index contributed by atoms with van der Waals surface area (Å²) in [4.78, 5) is 36.8. The molecule has 1 fully saturated rings. The summed E-state index contributed by atoms with van der Waals surface area (Å²) in [6.45, 7) is 1.49. The van der Waals surface area contributed by atoms with Crippen LogP contribution in [0.2, 0.25) is 0 Å². The Kier molecular flexibility index (Phi) is 6.67. The number of carbonyl (C=O) groups excluding carboxylic acids is 1. The van der Waals surface area contributed by atoms with Crippen LogP contribution in [0.15, 0.2) is 33.9 Å². The van der Waals surface area contributed by atoms with Crippen molar-refractivity contribution < 1.29 is 17.9 Å². The van der Waals surface area contributed by atoms with Gasteiger partial charge in [0, 0.05) is 63.2 Å². The largest absolute Gasteiger partial charge is 0.486 e. The van der Waals surface area contributed by atoms with Gasteiger partial charge in [-0.1, -0.05) is 11.9 Å². The fourth-order valence-corrected chi connectivity index (χ4v) is 5.93. The fraction of sp³-hybridized carbons (Fsp3) is 0.500. The van der Waals surface area contributed by atoms with E-state index in [1.54, 1.807) is 31.1 Å². The number of ether oxygens (including phenoxy) is 1. The number of hydrogen-bond acceptors (Lipinski definition) is 8. The summed E-state index contributed by atoms with van der Waals surface area (Å²) in [5.41, 5.74) is 0.261. The van der Waals surface area contributed by atoms with Gasteiger partial charge < -0.3 is 9.30 Å². The topological polar surface area (TPSA) is 120 Å². The Hall–Kier alpha value is -2.57. The Balaban J connectivity index is 1.35. The average molecular weight is 509 g/mol. The highest BCUT2D eigenvalue weighted by molar-refractivity contribution is 7.97. The molecule has 2 aromatic rings. The number of benzene rings is 1. The van der Waals surface area contributed by atoms with Crippen molar-refractivity contribution >= 4 is 33.4 Å². The van der Waals surface area contributed by atoms with Crippen LogP contribution in [0.25, 0.3) is 0 Å². The van der Waals surface area contributed by atoms with Crippen LogP contribution in [-0.2, 0) is 30.5 Å². The molecule has 0 amide bonds. The Labute approximate surface area is 202 Å². The van der Waals surface area contributed by atoms with Gasteiger partial charge in [-0.2, -0.15) is 0 Å². The number of aryl methyl sites for hydroxylation is 1. The van der Waals surface area contributed by atoms with Crippen LogP contribution in [0.4, 0.5) is 5.69 Å². The Morgan fingerprint density at radius 1 is 1.09 bits per heavy atom. The predicted molar refractivity (Wildman–Crippen MR) is 131 cm³/mol. The number of ketones is 1. The molecule has 0 radical (unpaired) electrons. The SMILES string of the molecule is Cn1c(CCSN2CCC3(CC2)CC(=O)c2cc(NS(C)(=O)=O)ccc2O3)cc(=O)n(C)c1=O. The van der Waals surface area contributed by atoms with E-state index in [-0.39, 0.29) is 23.5 Å². The molecule has 0 saturated carbocycles. The average Bonchev–Trinajstić information content (AvgIpc) is 2.77. The lowest BCUT2D eigenvalue weighted by Crippen LogP contribution is -2.49. The maximum absolute atomic E-state index is 12.9. The summed E-state index contributed by atoms with van der Waals surface area (Å²) in [5, 5.41) is 0. The van der Waals surface area contributed by atoms with Crippen LogP contribution in [0.1, 0.15) is 35.3 Å². The summed E-state index contributed by atoms with van der Waals surface area (Å²) in [7, 11) is -0.296. The molecule has 10 nitrogen and oxygen atoms in total. The molecule has 3 heterocycles. The first kappa shape index (κ1) is 24.6. The molecule has 12 heteroatoms. The van der Waals surface area contributed by atoms with Gasteiger partial charge in [-0.05, 0) is 24.6 Å².